The second-order valence-electron chi connectivity index (χ2n) is 5.77. The molecule has 130 valence electrons. The predicted octanol–water partition coefficient (Wildman–Crippen LogP) is 3.11. The van der Waals surface area contributed by atoms with E-state index in [0.29, 0.717) is 30.4 Å². The van der Waals surface area contributed by atoms with E-state index in [-0.39, 0.29) is 12.6 Å². The zero-order chi connectivity index (χ0) is 17.2. The second-order valence-corrected chi connectivity index (χ2v) is 5.77. The average molecular weight is 330 g/mol. The Balaban J connectivity index is 2.08. The molecule has 0 radical (unpaired) electrons. The minimum atomic E-state index is 0.151. The smallest absolute Gasteiger partial charge is 0.180 e. The summed E-state index contributed by atoms with van der Waals surface area (Å²) in [7, 11) is 0. The van der Waals surface area contributed by atoms with Crippen LogP contribution < -0.4 is 10.1 Å². The Morgan fingerprint density at radius 3 is 2.75 bits per heavy atom. The molecular formula is C18H26N4O2. The molecule has 2 rings (SSSR count). The van der Waals surface area contributed by atoms with Crippen LogP contribution >= 0.6 is 0 Å². The molecule has 1 unspecified atom stereocenters. The third-order valence-corrected chi connectivity index (χ3v) is 3.74. The first-order valence-electron chi connectivity index (χ1n) is 8.45. The van der Waals surface area contributed by atoms with Gasteiger partial charge in [0.1, 0.15) is 12.4 Å². The summed E-state index contributed by atoms with van der Waals surface area (Å²) in [5.74, 6) is 2.00. The van der Waals surface area contributed by atoms with Crippen LogP contribution in [0.25, 0.3) is 0 Å². The van der Waals surface area contributed by atoms with Crippen molar-refractivity contribution in [2.24, 2.45) is 0 Å². The van der Waals surface area contributed by atoms with Gasteiger partial charge in [-0.3, -0.25) is 4.98 Å². The molecule has 6 nitrogen and oxygen atoms in total. The van der Waals surface area contributed by atoms with Gasteiger partial charge in [-0.15, -0.1) is 0 Å². The number of rotatable bonds is 10. The monoisotopic (exact) mass is 330 g/mol. The van der Waals surface area contributed by atoms with Gasteiger partial charge in [-0.25, -0.2) is 9.97 Å². The van der Waals surface area contributed by atoms with E-state index in [1.54, 1.807) is 18.6 Å². The molecule has 6 heteroatoms. The highest BCUT2D eigenvalue weighted by molar-refractivity contribution is 5.49. The van der Waals surface area contributed by atoms with E-state index in [2.05, 4.69) is 27.2 Å². The van der Waals surface area contributed by atoms with Gasteiger partial charge in [-0.2, -0.15) is 0 Å². The summed E-state index contributed by atoms with van der Waals surface area (Å²) in [5.41, 5.74) is 1.04. The normalized spacial score (nSPS) is 12.0. The minimum Gasteiger partial charge on any atom is -0.483 e. The molecule has 2 heterocycles. The van der Waals surface area contributed by atoms with Crippen LogP contribution in [0.15, 0.2) is 30.7 Å². The summed E-state index contributed by atoms with van der Waals surface area (Å²) in [4.78, 5) is 12.7. The number of nitrogens with zero attached hydrogens (tertiary/aromatic N) is 3. The summed E-state index contributed by atoms with van der Waals surface area (Å²) in [6.45, 7) is 4.60. The molecule has 0 aliphatic rings. The van der Waals surface area contributed by atoms with Crippen molar-refractivity contribution in [3.05, 3.63) is 42.1 Å². The molecule has 2 N–H and O–H groups in total. The van der Waals surface area contributed by atoms with Crippen LogP contribution in [-0.2, 0) is 6.61 Å². The van der Waals surface area contributed by atoms with E-state index < -0.39 is 0 Å². The summed E-state index contributed by atoms with van der Waals surface area (Å²) < 4.78 is 5.88. The molecule has 2 aromatic rings. The zero-order valence-electron chi connectivity index (χ0n) is 14.4. The fourth-order valence-electron chi connectivity index (χ4n) is 2.40. The third-order valence-electron chi connectivity index (χ3n) is 3.74. The Kier molecular flexibility index (Phi) is 7.42. The predicted molar refractivity (Wildman–Crippen MR) is 94.0 cm³/mol. The Morgan fingerprint density at radius 1 is 1.25 bits per heavy atom. The number of aromatic nitrogens is 3. The largest absolute Gasteiger partial charge is 0.483 e. The fourth-order valence-corrected chi connectivity index (χ4v) is 2.40. The highest BCUT2D eigenvalue weighted by atomic mass is 16.5. The number of unbranched alkanes of at least 4 members (excludes halogenated alkanes) is 1. The molecule has 24 heavy (non-hydrogen) atoms. The summed E-state index contributed by atoms with van der Waals surface area (Å²) in [6.07, 6.45) is 9.09. The van der Waals surface area contributed by atoms with E-state index in [9.17, 15) is 5.11 Å². The molecular weight excluding hydrogens is 304 g/mol. The van der Waals surface area contributed by atoms with Crippen molar-refractivity contribution in [3.63, 3.8) is 0 Å². The SMILES string of the molecule is CCCCC(CCO)Nc1nc(C)ncc1OCc1ccncc1. The van der Waals surface area contributed by atoms with Gasteiger partial charge in [0.2, 0.25) is 0 Å². The van der Waals surface area contributed by atoms with Crippen LogP contribution in [-0.4, -0.2) is 32.7 Å². The first-order chi connectivity index (χ1) is 11.7. The standard InChI is InChI=1S/C18H26N4O2/c1-3-4-5-16(8-11-23)22-18-17(12-20-14(2)21-18)24-13-15-6-9-19-10-7-15/h6-7,9-10,12,16,23H,3-5,8,11,13H2,1-2H3,(H,20,21,22). The molecule has 0 fully saturated rings. The van der Waals surface area contributed by atoms with Gasteiger partial charge in [0.15, 0.2) is 11.6 Å². The average Bonchev–Trinajstić information content (AvgIpc) is 2.60. The number of aliphatic hydroxyl groups excluding tert-OH is 1. The second kappa shape index (κ2) is 9.82. The Bertz CT molecular complexity index is 607. The first-order valence-corrected chi connectivity index (χ1v) is 8.45. The van der Waals surface area contributed by atoms with Gasteiger partial charge in [-0.05, 0) is 37.5 Å². The number of aryl methyl sites for hydroxylation is 1. The molecule has 1 atom stereocenters. The third kappa shape index (κ3) is 5.77. The number of aliphatic hydroxyl groups is 1. The van der Waals surface area contributed by atoms with Crippen molar-refractivity contribution in [1.29, 1.82) is 0 Å². The number of ether oxygens (including phenoxy) is 1. The van der Waals surface area contributed by atoms with Crippen molar-refractivity contribution < 1.29 is 9.84 Å². The van der Waals surface area contributed by atoms with Crippen LogP contribution in [0.2, 0.25) is 0 Å². The quantitative estimate of drug-likeness (QED) is 0.697. The molecule has 0 aliphatic carbocycles. The lowest BCUT2D eigenvalue weighted by Crippen LogP contribution is -2.22. The van der Waals surface area contributed by atoms with Crippen molar-refractivity contribution in [2.45, 2.75) is 52.2 Å². The van der Waals surface area contributed by atoms with E-state index in [1.165, 1.54) is 0 Å². The molecule has 0 saturated carbocycles. The Morgan fingerprint density at radius 2 is 2.04 bits per heavy atom. The Labute approximate surface area is 143 Å². The van der Waals surface area contributed by atoms with Gasteiger partial charge in [0.05, 0.1) is 6.20 Å². The summed E-state index contributed by atoms with van der Waals surface area (Å²) in [6, 6.07) is 4.00. The summed E-state index contributed by atoms with van der Waals surface area (Å²) in [5, 5.41) is 12.7. The van der Waals surface area contributed by atoms with Crippen LogP contribution in [0.1, 0.15) is 44.0 Å². The van der Waals surface area contributed by atoms with Crippen molar-refractivity contribution in [1.82, 2.24) is 15.0 Å². The molecule has 0 bridgehead atoms. The minimum absolute atomic E-state index is 0.151. The maximum absolute atomic E-state index is 9.28. The Hall–Kier alpha value is -2.21. The van der Waals surface area contributed by atoms with Crippen LogP contribution in [0.4, 0.5) is 5.82 Å². The van der Waals surface area contributed by atoms with Crippen LogP contribution in [0, 0.1) is 6.92 Å². The number of pyridine rings is 1. The maximum Gasteiger partial charge on any atom is 0.180 e. The van der Waals surface area contributed by atoms with Gasteiger partial charge < -0.3 is 15.2 Å². The van der Waals surface area contributed by atoms with Crippen molar-refractivity contribution in [2.75, 3.05) is 11.9 Å². The topological polar surface area (TPSA) is 80.2 Å². The lowest BCUT2D eigenvalue weighted by atomic mass is 10.1. The fraction of sp³-hybridized carbons (Fsp3) is 0.500. The van der Waals surface area contributed by atoms with Crippen LogP contribution in [0.3, 0.4) is 0 Å². The highest BCUT2D eigenvalue weighted by Gasteiger charge is 2.13. The van der Waals surface area contributed by atoms with E-state index in [1.807, 2.05) is 19.1 Å². The molecule has 0 aromatic carbocycles. The zero-order valence-corrected chi connectivity index (χ0v) is 14.4. The van der Waals surface area contributed by atoms with E-state index >= 15 is 0 Å². The molecule has 2 aromatic heterocycles. The highest BCUT2D eigenvalue weighted by Crippen LogP contribution is 2.24. The maximum atomic E-state index is 9.28. The van der Waals surface area contributed by atoms with Gasteiger partial charge in [-0.1, -0.05) is 19.8 Å². The van der Waals surface area contributed by atoms with Gasteiger partial charge in [0.25, 0.3) is 0 Å². The number of hydrogen-bond donors (Lipinski definition) is 2. The summed E-state index contributed by atoms with van der Waals surface area (Å²) >= 11 is 0. The molecule has 0 saturated heterocycles. The van der Waals surface area contributed by atoms with Gasteiger partial charge in [0, 0.05) is 25.0 Å². The number of hydrogen-bond acceptors (Lipinski definition) is 6. The van der Waals surface area contributed by atoms with Crippen LogP contribution in [0.5, 0.6) is 5.75 Å². The van der Waals surface area contributed by atoms with E-state index in [0.717, 1.165) is 24.8 Å². The number of anilines is 1. The van der Waals surface area contributed by atoms with Crippen molar-refractivity contribution in [3.8, 4) is 5.75 Å². The lowest BCUT2D eigenvalue weighted by molar-refractivity contribution is 0.275. The lowest BCUT2D eigenvalue weighted by Gasteiger charge is -2.20. The molecule has 0 spiro atoms. The molecule has 0 amide bonds. The van der Waals surface area contributed by atoms with Crippen molar-refractivity contribution >= 4 is 5.82 Å². The molecule has 0 aliphatic heterocycles. The first kappa shape index (κ1) is 18.1. The van der Waals surface area contributed by atoms with Gasteiger partial charge >= 0.3 is 0 Å². The number of nitrogens with one attached hydrogen (secondary N) is 1. The van der Waals surface area contributed by atoms with E-state index in [4.69, 9.17) is 4.74 Å².